The molecule has 2 aromatic heterocycles. The molecule has 4 rings (SSSR count). The quantitative estimate of drug-likeness (QED) is 0.431. The number of nitrogens with one attached hydrogen (secondary N) is 1. The summed E-state index contributed by atoms with van der Waals surface area (Å²) in [6.45, 7) is 8.90. The standard InChI is InChI=1S/C28H38N4O5S/c1-28(2,3)24-13-22(21-9-8-19(17-35-4)31-27(21)37-6)25-23(26(24)36-5)12-20(15-29-25)32-11-10-18(16-32)14-30-38(7,33)34/h8-9,12-13,15,18,30H,10-11,14,16-17H2,1-7H3/t18-/m1/s1. The van der Waals surface area contributed by atoms with E-state index in [1.165, 1.54) is 6.26 Å². The van der Waals surface area contributed by atoms with Crippen molar-refractivity contribution in [2.24, 2.45) is 5.92 Å². The fourth-order valence-electron chi connectivity index (χ4n) is 4.99. The lowest BCUT2D eigenvalue weighted by atomic mass is 9.83. The van der Waals surface area contributed by atoms with Crippen LogP contribution in [0.2, 0.25) is 0 Å². The number of pyridine rings is 2. The van der Waals surface area contributed by atoms with Crippen LogP contribution in [0.5, 0.6) is 11.6 Å². The number of ether oxygens (including phenoxy) is 3. The molecule has 1 atom stereocenters. The van der Waals surface area contributed by atoms with Crippen molar-refractivity contribution in [1.82, 2.24) is 14.7 Å². The Hall–Kier alpha value is -2.95. The predicted octanol–water partition coefficient (Wildman–Crippen LogP) is 4.13. The molecule has 3 aromatic rings. The highest BCUT2D eigenvalue weighted by atomic mass is 32.2. The number of sulfonamides is 1. The molecule has 38 heavy (non-hydrogen) atoms. The van der Waals surface area contributed by atoms with Gasteiger partial charge in [0.25, 0.3) is 0 Å². The smallest absolute Gasteiger partial charge is 0.221 e. The first-order valence-corrected chi connectivity index (χ1v) is 14.6. The number of benzene rings is 1. The van der Waals surface area contributed by atoms with Gasteiger partial charge in [-0.05, 0) is 42.0 Å². The Balaban J connectivity index is 1.83. The van der Waals surface area contributed by atoms with E-state index in [9.17, 15) is 8.42 Å². The Labute approximate surface area is 225 Å². The first kappa shape index (κ1) is 28.1. The van der Waals surface area contributed by atoms with Gasteiger partial charge in [0, 0.05) is 48.8 Å². The van der Waals surface area contributed by atoms with E-state index in [-0.39, 0.29) is 11.3 Å². The fraction of sp³-hybridized carbons (Fsp3) is 0.500. The van der Waals surface area contributed by atoms with Crippen molar-refractivity contribution in [3.05, 3.63) is 41.7 Å². The summed E-state index contributed by atoms with van der Waals surface area (Å²) < 4.78 is 42.7. The van der Waals surface area contributed by atoms with Crippen LogP contribution in [0.25, 0.3) is 22.0 Å². The van der Waals surface area contributed by atoms with Crippen molar-refractivity contribution >= 4 is 26.6 Å². The van der Waals surface area contributed by atoms with Crippen LogP contribution in [0.1, 0.15) is 38.4 Å². The molecule has 3 heterocycles. The van der Waals surface area contributed by atoms with Crippen LogP contribution in [0.4, 0.5) is 5.69 Å². The van der Waals surface area contributed by atoms with Crippen LogP contribution < -0.4 is 19.1 Å². The molecule has 9 nitrogen and oxygen atoms in total. The molecule has 0 bridgehead atoms. The van der Waals surface area contributed by atoms with E-state index in [1.807, 2.05) is 18.3 Å². The van der Waals surface area contributed by atoms with Gasteiger partial charge in [-0.25, -0.2) is 18.1 Å². The van der Waals surface area contributed by atoms with E-state index in [1.54, 1.807) is 21.3 Å². The Morgan fingerprint density at radius 2 is 1.87 bits per heavy atom. The third kappa shape index (κ3) is 6.03. The molecular formula is C28H38N4O5S. The van der Waals surface area contributed by atoms with Gasteiger partial charge in [-0.1, -0.05) is 20.8 Å². The van der Waals surface area contributed by atoms with E-state index >= 15 is 0 Å². The summed E-state index contributed by atoms with van der Waals surface area (Å²) in [6.07, 6.45) is 3.98. The number of aromatic nitrogens is 2. The molecule has 0 spiro atoms. The Bertz CT molecular complexity index is 1420. The van der Waals surface area contributed by atoms with Crippen molar-refractivity contribution in [3.63, 3.8) is 0 Å². The molecule has 0 radical (unpaired) electrons. The molecule has 1 aliphatic heterocycles. The molecule has 1 fully saturated rings. The summed E-state index contributed by atoms with van der Waals surface area (Å²) in [7, 11) is 1.74. The van der Waals surface area contributed by atoms with Crippen molar-refractivity contribution < 1.29 is 22.6 Å². The Kier molecular flexibility index (Phi) is 8.15. The topological polar surface area (TPSA) is 103 Å². The zero-order chi connectivity index (χ0) is 27.7. The van der Waals surface area contributed by atoms with Crippen LogP contribution in [0.15, 0.2) is 30.5 Å². The van der Waals surface area contributed by atoms with Crippen LogP contribution in [-0.2, 0) is 26.8 Å². The van der Waals surface area contributed by atoms with E-state index in [0.717, 1.165) is 64.2 Å². The normalized spacial score (nSPS) is 16.3. The molecule has 0 aliphatic carbocycles. The lowest BCUT2D eigenvalue weighted by molar-refractivity contribution is 0.180. The SMILES string of the molecule is COCc1ccc(-c2cc(C(C)(C)C)c(OC)c3cc(N4CC[C@H](CNS(C)(=O)=O)C4)cnc23)c(OC)n1. The van der Waals surface area contributed by atoms with Gasteiger partial charge in [-0.2, -0.15) is 0 Å². The molecule has 1 N–H and O–H groups in total. The minimum absolute atomic E-state index is 0.197. The molecule has 0 amide bonds. The van der Waals surface area contributed by atoms with Gasteiger partial charge < -0.3 is 19.1 Å². The number of hydrogen-bond acceptors (Lipinski definition) is 8. The van der Waals surface area contributed by atoms with Gasteiger partial charge in [0.05, 0.1) is 50.2 Å². The van der Waals surface area contributed by atoms with E-state index < -0.39 is 10.0 Å². The van der Waals surface area contributed by atoms with Gasteiger partial charge >= 0.3 is 0 Å². The first-order valence-electron chi connectivity index (χ1n) is 12.7. The van der Waals surface area contributed by atoms with Crippen molar-refractivity contribution in [2.45, 2.75) is 39.2 Å². The summed E-state index contributed by atoms with van der Waals surface area (Å²) in [5.74, 6) is 1.54. The monoisotopic (exact) mass is 542 g/mol. The van der Waals surface area contributed by atoms with Gasteiger partial charge in [-0.15, -0.1) is 0 Å². The summed E-state index contributed by atoms with van der Waals surface area (Å²) in [5, 5.41) is 0.910. The van der Waals surface area contributed by atoms with Crippen LogP contribution in [0.3, 0.4) is 0 Å². The van der Waals surface area contributed by atoms with E-state index in [2.05, 4.69) is 47.5 Å². The summed E-state index contributed by atoms with van der Waals surface area (Å²) in [4.78, 5) is 11.9. The second-order valence-corrected chi connectivity index (χ2v) is 12.7. The van der Waals surface area contributed by atoms with Gasteiger partial charge in [0.2, 0.25) is 15.9 Å². The molecule has 206 valence electrons. The highest BCUT2D eigenvalue weighted by Crippen LogP contribution is 2.44. The van der Waals surface area contributed by atoms with Crippen molar-refractivity contribution in [3.8, 4) is 22.8 Å². The third-order valence-corrected chi connectivity index (χ3v) is 7.59. The molecule has 0 unspecified atom stereocenters. The molecular weight excluding hydrogens is 504 g/mol. The Morgan fingerprint density at radius 3 is 2.50 bits per heavy atom. The average Bonchev–Trinajstić information content (AvgIpc) is 3.34. The number of methoxy groups -OCH3 is 3. The summed E-state index contributed by atoms with van der Waals surface area (Å²) in [6, 6.07) is 8.21. The number of fused-ring (bicyclic) bond motifs is 1. The molecule has 0 saturated carbocycles. The van der Waals surface area contributed by atoms with E-state index in [4.69, 9.17) is 19.2 Å². The number of anilines is 1. The highest BCUT2D eigenvalue weighted by Gasteiger charge is 2.28. The van der Waals surface area contributed by atoms with Gasteiger partial charge in [0.1, 0.15) is 5.75 Å². The maximum atomic E-state index is 11.5. The second kappa shape index (κ2) is 11.0. The maximum absolute atomic E-state index is 11.5. The predicted molar refractivity (Wildman–Crippen MR) is 151 cm³/mol. The van der Waals surface area contributed by atoms with E-state index in [0.29, 0.717) is 19.0 Å². The van der Waals surface area contributed by atoms with Gasteiger partial charge in [-0.3, -0.25) is 4.98 Å². The molecule has 10 heteroatoms. The number of nitrogens with zero attached hydrogens (tertiary/aromatic N) is 3. The Morgan fingerprint density at radius 1 is 1.11 bits per heavy atom. The zero-order valence-electron chi connectivity index (χ0n) is 23.3. The maximum Gasteiger partial charge on any atom is 0.221 e. The summed E-state index contributed by atoms with van der Waals surface area (Å²) >= 11 is 0. The average molecular weight is 543 g/mol. The lowest BCUT2D eigenvalue weighted by Crippen LogP contribution is -2.30. The molecule has 1 aliphatic rings. The van der Waals surface area contributed by atoms with Gasteiger partial charge in [0.15, 0.2) is 0 Å². The highest BCUT2D eigenvalue weighted by molar-refractivity contribution is 7.88. The molecule has 1 saturated heterocycles. The molecule has 1 aromatic carbocycles. The van der Waals surface area contributed by atoms with Crippen molar-refractivity contribution in [1.29, 1.82) is 0 Å². The minimum Gasteiger partial charge on any atom is -0.496 e. The number of hydrogen-bond donors (Lipinski definition) is 1. The van der Waals surface area contributed by atoms with Crippen LogP contribution >= 0.6 is 0 Å². The second-order valence-electron chi connectivity index (χ2n) is 10.9. The fourth-order valence-corrected chi connectivity index (χ4v) is 5.53. The van der Waals surface area contributed by atoms with Crippen molar-refractivity contribution in [2.75, 3.05) is 52.1 Å². The third-order valence-electron chi connectivity index (χ3n) is 6.90. The number of rotatable bonds is 9. The summed E-state index contributed by atoms with van der Waals surface area (Å²) in [5.41, 5.74) is 5.19. The zero-order valence-corrected chi connectivity index (χ0v) is 24.1. The first-order chi connectivity index (χ1) is 17.9. The van der Waals surface area contributed by atoms with Crippen LogP contribution in [-0.4, -0.2) is 65.6 Å². The van der Waals surface area contributed by atoms with Crippen LogP contribution in [0, 0.1) is 5.92 Å². The minimum atomic E-state index is -3.21. The lowest BCUT2D eigenvalue weighted by Gasteiger charge is -2.26. The largest absolute Gasteiger partial charge is 0.496 e.